The van der Waals surface area contributed by atoms with Gasteiger partial charge in [0.1, 0.15) is 11.9 Å². The van der Waals surface area contributed by atoms with E-state index in [-0.39, 0.29) is 12.0 Å². The Morgan fingerprint density at radius 2 is 2.17 bits per heavy atom. The molecule has 1 aromatic heterocycles. The number of carbonyl (C=O) groups is 1. The molecule has 0 unspecified atom stereocenters. The van der Waals surface area contributed by atoms with Crippen molar-refractivity contribution in [3.05, 3.63) is 42.1 Å². The summed E-state index contributed by atoms with van der Waals surface area (Å²) in [7, 11) is 0. The highest BCUT2D eigenvalue weighted by Crippen LogP contribution is 2.17. The number of rotatable bonds is 5. The van der Waals surface area contributed by atoms with Crippen LogP contribution >= 0.6 is 12.6 Å². The Balaban J connectivity index is 1.56. The fourth-order valence-corrected chi connectivity index (χ4v) is 2.50. The van der Waals surface area contributed by atoms with Gasteiger partial charge in [-0.25, -0.2) is 4.98 Å². The third-order valence-corrected chi connectivity index (χ3v) is 4.09. The van der Waals surface area contributed by atoms with Crippen LogP contribution in [0.5, 0.6) is 6.01 Å². The molecule has 0 saturated carbocycles. The van der Waals surface area contributed by atoms with Crippen molar-refractivity contribution in [3.8, 4) is 6.01 Å². The van der Waals surface area contributed by atoms with Crippen LogP contribution in [0.3, 0.4) is 0 Å². The van der Waals surface area contributed by atoms with Crippen LogP contribution in [0.25, 0.3) is 0 Å². The lowest BCUT2D eigenvalue weighted by atomic mass is 10.2. The molecule has 1 aliphatic rings. The summed E-state index contributed by atoms with van der Waals surface area (Å²) in [6.07, 6.45) is 1.62. The quantitative estimate of drug-likeness (QED) is 0.821. The number of thiol groups is 1. The molecule has 2 heterocycles. The Hall–Kier alpha value is -2.28. The smallest absolute Gasteiger partial charge is 0.318 e. The van der Waals surface area contributed by atoms with Crippen LogP contribution < -0.4 is 10.1 Å². The van der Waals surface area contributed by atoms with Crippen molar-refractivity contribution in [3.63, 3.8) is 0 Å². The first-order chi connectivity index (χ1) is 11.1. The van der Waals surface area contributed by atoms with Gasteiger partial charge in [-0.1, -0.05) is 18.2 Å². The van der Waals surface area contributed by atoms with E-state index in [1.165, 1.54) is 0 Å². The molecule has 1 aliphatic heterocycles. The number of benzene rings is 1. The number of carbonyl (C=O) groups excluding carboxylic acids is 1. The molecule has 0 radical (unpaired) electrons. The molecule has 1 fully saturated rings. The maximum Gasteiger partial charge on any atom is 0.318 e. The summed E-state index contributed by atoms with van der Waals surface area (Å²) in [4.78, 5) is 22.2. The number of hydrogen-bond donors (Lipinski definition) is 2. The fourth-order valence-electron chi connectivity index (χ4n) is 2.26. The summed E-state index contributed by atoms with van der Waals surface area (Å²) in [5.41, 5.74) is 1.09. The second-order valence-electron chi connectivity index (χ2n) is 5.37. The average molecular weight is 330 g/mol. The molecular weight excluding hydrogens is 312 g/mol. The topological polar surface area (TPSA) is 67.4 Å². The van der Waals surface area contributed by atoms with Crippen LogP contribution in [0.1, 0.15) is 12.5 Å². The van der Waals surface area contributed by atoms with Gasteiger partial charge in [-0.15, -0.1) is 12.6 Å². The van der Waals surface area contributed by atoms with E-state index < -0.39 is 0 Å². The molecule has 1 aromatic carbocycles. The Kier molecular flexibility index (Phi) is 4.66. The molecule has 0 aliphatic carbocycles. The molecule has 3 rings (SSSR count). The van der Waals surface area contributed by atoms with E-state index in [0.29, 0.717) is 31.5 Å². The van der Waals surface area contributed by atoms with Crippen LogP contribution in [0.2, 0.25) is 0 Å². The molecule has 0 spiro atoms. The lowest BCUT2D eigenvalue weighted by molar-refractivity contribution is -0.137. The fraction of sp³-hybridized carbons (Fsp3) is 0.312. The van der Waals surface area contributed by atoms with Crippen LogP contribution in [-0.4, -0.2) is 40.0 Å². The van der Waals surface area contributed by atoms with Crippen molar-refractivity contribution >= 4 is 24.4 Å². The standard InChI is InChI=1S/C16H18N4O2S/c1-11(21)20-9-13(10-20)22-16-17-7-6-15(19-16)18-8-12-4-2-3-5-14(12)23/h2-7,13,23H,8-10H2,1H3,(H,17,18,19). The van der Waals surface area contributed by atoms with Gasteiger partial charge in [-0.3, -0.25) is 4.79 Å². The molecule has 0 bridgehead atoms. The van der Waals surface area contributed by atoms with E-state index in [2.05, 4.69) is 27.9 Å². The van der Waals surface area contributed by atoms with Gasteiger partial charge in [0.15, 0.2) is 0 Å². The van der Waals surface area contributed by atoms with Crippen LogP contribution in [0.4, 0.5) is 5.82 Å². The van der Waals surface area contributed by atoms with E-state index in [4.69, 9.17) is 4.74 Å². The van der Waals surface area contributed by atoms with Crippen molar-refractivity contribution in [1.29, 1.82) is 0 Å². The largest absolute Gasteiger partial charge is 0.456 e. The van der Waals surface area contributed by atoms with Gasteiger partial charge in [0.05, 0.1) is 13.1 Å². The zero-order chi connectivity index (χ0) is 16.2. The van der Waals surface area contributed by atoms with Gasteiger partial charge in [-0.2, -0.15) is 4.98 Å². The molecule has 0 atom stereocenters. The summed E-state index contributed by atoms with van der Waals surface area (Å²) in [6.45, 7) is 3.35. The highest BCUT2D eigenvalue weighted by atomic mass is 32.1. The van der Waals surface area contributed by atoms with Gasteiger partial charge in [-0.05, 0) is 17.7 Å². The molecule has 120 valence electrons. The van der Waals surface area contributed by atoms with E-state index in [1.54, 1.807) is 24.1 Å². The van der Waals surface area contributed by atoms with Gasteiger partial charge >= 0.3 is 6.01 Å². The van der Waals surface area contributed by atoms with Crippen molar-refractivity contribution in [2.24, 2.45) is 0 Å². The molecule has 23 heavy (non-hydrogen) atoms. The Morgan fingerprint density at radius 1 is 1.39 bits per heavy atom. The molecule has 1 N–H and O–H groups in total. The Labute approximate surface area is 140 Å². The number of amides is 1. The highest BCUT2D eigenvalue weighted by Gasteiger charge is 2.30. The number of nitrogens with zero attached hydrogens (tertiary/aromatic N) is 3. The predicted octanol–water partition coefficient (Wildman–Crippen LogP) is 1.99. The summed E-state index contributed by atoms with van der Waals surface area (Å²) in [5, 5.41) is 3.23. The predicted molar refractivity (Wildman–Crippen MR) is 89.7 cm³/mol. The molecule has 1 amide bonds. The van der Waals surface area contributed by atoms with Gasteiger partial charge < -0.3 is 15.0 Å². The van der Waals surface area contributed by atoms with Crippen molar-refractivity contribution in [1.82, 2.24) is 14.9 Å². The Bertz CT molecular complexity index is 704. The zero-order valence-corrected chi connectivity index (χ0v) is 13.7. The zero-order valence-electron chi connectivity index (χ0n) is 12.8. The SMILES string of the molecule is CC(=O)N1CC(Oc2nccc(NCc3ccccc3S)n2)C1. The average Bonchev–Trinajstić information content (AvgIpc) is 2.50. The van der Waals surface area contributed by atoms with Crippen molar-refractivity contribution < 1.29 is 9.53 Å². The number of nitrogens with one attached hydrogen (secondary N) is 1. The molecular formula is C16H18N4O2S. The van der Waals surface area contributed by atoms with Gasteiger partial charge in [0.25, 0.3) is 0 Å². The summed E-state index contributed by atoms with van der Waals surface area (Å²) in [5.74, 6) is 0.751. The Morgan fingerprint density at radius 3 is 2.91 bits per heavy atom. The van der Waals surface area contributed by atoms with Crippen LogP contribution in [0, 0.1) is 0 Å². The molecule has 2 aromatic rings. The lowest BCUT2D eigenvalue weighted by Gasteiger charge is -2.37. The number of hydrogen-bond acceptors (Lipinski definition) is 6. The van der Waals surface area contributed by atoms with E-state index >= 15 is 0 Å². The number of ether oxygens (including phenoxy) is 1. The first-order valence-electron chi connectivity index (χ1n) is 7.38. The minimum Gasteiger partial charge on any atom is -0.456 e. The van der Waals surface area contributed by atoms with Crippen molar-refractivity contribution in [2.75, 3.05) is 18.4 Å². The summed E-state index contributed by atoms with van der Waals surface area (Å²) >= 11 is 4.43. The highest BCUT2D eigenvalue weighted by molar-refractivity contribution is 7.80. The van der Waals surface area contributed by atoms with Crippen molar-refractivity contribution in [2.45, 2.75) is 24.5 Å². The maximum atomic E-state index is 11.1. The molecule has 6 nitrogen and oxygen atoms in total. The first kappa shape index (κ1) is 15.6. The lowest BCUT2D eigenvalue weighted by Crippen LogP contribution is -2.55. The number of likely N-dealkylation sites (tertiary alicyclic amines) is 1. The maximum absolute atomic E-state index is 11.1. The first-order valence-corrected chi connectivity index (χ1v) is 7.82. The molecule has 7 heteroatoms. The van der Waals surface area contributed by atoms with E-state index in [1.807, 2.05) is 24.3 Å². The van der Waals surface area contributed by atoms with Gasteiger partial charge in [0.2, 0.25) is 5.91 Å². The second-order valence-corrected chi connectivity index (χ2v) is 5.85. The minimum atomic E-state index is -0.0349. The third kappa shape index (κ3) is 3.92. The van der Waals surface area contributed by atoms with Crippen LogP contribution in [0.15, 0.2) is 41.4 Å². The monoisotopic (exact) mass is 330 g/mol. The van der Waals surface area contributed by atoms with E-state index in [0.717, 1.165) is 10.5 Å². The molecule has 1 saturated heterocycles. The van der Waals surface area contributed by atoms with Gasteiger partial charge in [0, 0.05) is 24.6 Å². The van der Waals surface area contributed by atoms with Crippen LogP contribution in [-0.2, 0) is 11.3 Å². The summed E-state index contributed by atoms with van der Waals surface area (Å²) < 4.78 is 5.68. The minimum absolute atomic E-state index is 0.0349. The normalized spacial score (nSPS) is 14.3. The number of anilines is 1. The third-order valence-electron chi connectivity index (χ3n) is 3.65. The number of aromatic nitrogens is 2. The summed E-state index contributed by atoms with van der Waals surface area (Å²) in [6, 6.07) is 10.00. The van der Waals surface area contributed by atoms with E-state index in [9.17, 15) is 4.79 Å². The second kappa shape index (κ2) is 6.87.